The van der Waals surface area contributed by atoms with Crippen molar-refractivity contribution in [3.63, 3.8) is 0 Å². The number of halogens is 3. The van der Waals surface area contributed by atoms with E-state index in [0.717, 1.165) is 45.3 Å². The van der Waals surface area contributed by atoms with Crippen molar-refractivity contribution in [3.8, 4) is 16.3 Å². The Balaban J connectivity index is 0.00000231. The summed E-state index contributed by atoms with van der Waals surface area (Å²) in [6.45, 7) is 2.87. The molecule has 31 heavy (non-hydrogen) atoms. The molecule has 164 valence electrons. The lowest BCUT2D eigenvalue weighted by molar-refractivity contribution is 0.0928. The first kappa shape index (κ1) is 22.6. The van der Waals surface area contributed by atoms with Gasteiger partial charge in [-0.25, -0.2) is 0 Å². The third-order valence-electron chi connectivity index (χ3n) is 5.60. The van der Waals surface area contributed by atoms with Crippen molar-refractivity contribution in [1.82, 2.24) is 20.4 Å². The van der Waals surface area contributed by atoms with E-state index < -0.39 is 0 Å². The summed E-state index contributed by atoms with van der Waals surface area (Å²) in [5.41, 5.74) is 3.06. The Labute approximate surface area is 203 Å². The average molecular weight is 544 g/mol. The van der Waals surface area contributed by atoms with E-state index in [2.05, 4.69) is 43.8 Å². The Morgan fingerprint density at radius 2 is 2.16 bits per heavy atom. The van der Waals surface area contributed by atoms with Crippen LogP contribution in [0.15, 0.2) is 41.0 Å². The lowest BCUT2D eigenvalue weighted by Crippen LogP contribution is -2.49. The fourth-order valence-corrected chi connectivity index (χ4v) is 5.71. The summed E-state index contributed by atoms with van der Waals surface area (Å²) in [7, 11) is 0. The van der Waals surface area contributed by atoms with Crippen molar-refractivity contribution < 1.29 is 9.53 Å². The quantitative estimate of drug-likeness (QED) is 0.501. The normalized spacial score (nSPS) is 19.9. The number of nitrogens with one attached hydrogen (secondary N) is 2. The molecule has 0 saturated carbocycles. The fourth-order valence-electron chi connectivity index (χ4n) is 4.14. The van der Waals surface area contributed by atoms with E-state index >= 15 is 0 Å². The molecule has 1 amide bonds. The molecule has 2 aliphatic heterocycles. The second kappa shape index (κ2) is 9.50. The minimum Gasteiger partial charge on any atom is -0.481 e. The van der Waals surface area contributed by atoms with Crippen LogP contribution in [0, 0.1) is 0 Å². The van der Waals surface area contributed by atoms with Gasteiger partial charge >= 0.3 is 0 Å². The smallest absolute Gasteiger partial charge is 0.261 e. The number of piperidine rings is 1. The number of hydrogen-bond donors (Lipinski definition) is 2. The number of carbonyl (C=O) groups is 1. The highest BCUT2D eigenvalue weighted by Crippen LogP contribution is 2.42. The van der Waals surface area contributed by atoms with Gasteiger partial charge in [0.2, 0.25) is 0 Å². The SMILES string of the molecule is Cl.O=C(N[C@@H]1CNCC[C@H]1c1ccc(Cl)cc1)c1cc2c(s1)OCCn1ncc(Br)c1-2. The van der Waals surface area contributed by atoms with Crippen LogP contribution in [0.4, 0.5) is 0 Å². The molecule has 0 bridgehead atoms. The molecule has 0 aliphatic carbocycles. The maximum absolute atomic E-state index is 13.1. The van der Waals surface area contributed by atoms with Gasteiger partial charge < -0.3 is 15.4 Å². The molecule has 2 N–H and O–H groups in total. The molecular formula is C21H21BrCl2N4O2S. The standard InChI is InChI=1S/C21H20BrClN4O2S.ClH/c22-16-10-25-27-7-8-29-21-15(19(16)27)9-18(30-21)20(28)26-17-11-24-6-5-14(17)12-1-3-13(23)4-2-12;/h1-4,9-10,14,17,24H,5-8,11H2,(H,26,28);1H/t14-,17+;/m0./s1. The molecule has 6 nitrogen and oxygen atoms in total. The second-order valence-corrected chi connectivity index (χ2v) is 9.76. The largest absolute Gasteiger partial charge is 0.481 e. The van der Waals surface area contributed by atoms with Crippen LogP contribution < -0.4 is 15.4 Å². The number of thiophene rings is 1. The molecule has 2 aliphatic rings. The number of amides is 1. The third-order valence-corrected chi connectivity index (χ3v) is 7.48. The lowest BCUT2D eigenvalue weighted by atomic mass is 9.86. The molecule has 5 rings (SSSR count). The minimum atomic E-state index is -0.0773. The number of rotatable bonds is 3. The first-order valence-corrected chi connectivity index (χ1v) is 11.8. The van der Waals surface area contributed by atoms with Gasteiger partial charge in [-0.3, -0.25) is 9.48 Å². The first-order chi connectivity index (χ1) is 14.6. The van der Waals surface area contributed by atoms with Crippen LogP contribution in [0.5, 0.6) is 5.06 Å². The highest BCUT2D eigenvalue weighted by Gasteiger charge is 2.30. The molecule has 0 spiro atoms. The van der Waals surface area contributed by atoms with Gasteiger partial charge in [0, 0.05) is 23.5 Å². The van der Waals surface area contributed by atoms with Crippen molar-refractivity contribution in [3.05, 3.63) is 56.5 Å². The Hall–Kier alpha value is -1.58. The van der Waals surface area contributed by atoms with Crippen molar-refractivity contribution in [2.75, 3.05) is 19.7 Å². The monoisotopic (exact) mass is 542 g/mol. The Morgan fingerprint density at radius 1 is 1.35 bits per heavy atom. The zero-order chi connectivity index (χ0) is 20.7. The third kappa shape index (κ3) is 4.50. The van der Waals surface area contributed by atoms with Gasteiger partial charge in [-0.05, 0) is 52.7 Å². The van der Waals surface area contributed by atoms with E-state index in [9.17, 15) is 4.79 Å². The van der Waals surface area contributed by atoms with E-state index in [1.807, 2.05) is 22.9 Å². The predicted molar refractivity (Wildman–Crippen MR) is 129 cm³/mol. The summed E-state index contributed by atoms with van der Waals surface area (Å²) in [6.07, 6.45) is 2.75. The summed E-state index contributed by atoms with van der Waals surface area (Å²) < 4.78 is 8.71. The number of nitrogens with zero attached hydrogens (tertiary/aromatic N) is 2. The number of fused-ring (bicyclic) bond motifs is 3. The molecule has 4 heterocycles. The van der Waals surface area contributed by atoms with Crippen molar-refractivity contribution >= 4 is 57.2 Å². The predicted octanol–water partition coefficient (Wildman–Crippen LogP) is 4.72. The average Bonchev–Trinajstić information content (AvgIpc) is 3.28. The summed E-state index contributed by atoms with van der Waals surface area (Å²) in [6, 6.07) is 9.84. The van der Waals surface area contributed by atoms with E-state index in [1.165, 1.54) is 16.9 Å². The van der Waals surface area contributed by atoms with Gasteiger partial charge in [0.1, 0.15) is 6.61 Å². The van der Waals surface area contributed by atoms with E-state index in [4.69, 9.17) is 16.3 Å². The van der Waals surface area contributed by atoms with Crippen molar-refractivity contribution in [2.24, 2.45) is 0 Å². The van der Waals surface area contributed by atoms with Crippen LogP contribution in [0.3, 0.4) is 0 Å². The number of aromatic nitrogens is 2. The van der Waals surface area contributed by atoms with E-state index in [1.54, 1.807) is 6.20 Å². The molecule has 3 aromatic rings. The molecule has 2 atom stereocenters. The number of carbonyl (C=O) groups excluding carboxylic acids is 1. The Morgan fingerprint density at radius 3 is 2.97 bits per heavy atom. The zero-order valence-corrected chi connectivity index (χ0v) is 20.4. The van der Waals surface area contributed by atoms with Crippen LogP contribution in [0.1, 0.15) is 27.6 Å². The molecular weight excluding hydrogens is 523 g/mol. The van der Waals surface area contributed by atoms with Crippen molar-refractivity contribution in [1.29, 1.82) is 0 Å². The maximum Gasteiger partial charge on any atom is 0.261 e. The van der Waals surface area contributed by atoms with Gasteiger partial charge in [-0.1, -0.05) is 35.1 Å². The summed E-state index contributed by atoms with van der Waals surface area (Å²) in [4.78, 5) is 13.8. The van der Waals surface area contributed by atoms with Gasteiger partial charge in [0.05, 0.1) is 33.3 Å². The Kier molecular flexibility index (Phi) is 6.93. The van der Waals surface area contributed by atoms with Crippen molar-refractivity contribution in [2.45, 2.75) is 24.9 Å². The van der Waals surface area contributed by atoms with E-state index in [0.29, 0.717) is 18.0 Å². The highest BCUT2D eigenvalue weighted by molar-refractivity contribution is 9.10. The number of hydrogen-bond acceptors (Lipinski definition) is 5. The molecule has 10 heteroatoms. The van der Waals surface area contributed by atoms with Crippen LogP contribution >= 0.6 is 51.3 Å². The number of benzene rings is 1. The topological polar surface area (TPSA) is 68.2 Å². The van der Waals surface area contributed by atoms with Gasteiger partial charge in [0.15, 0.2) is 5.06 Å². The van der Waals surface area contributed by atoms with E-state index in [-0.39, 0.29) is 30.3 Å². The Bertz CT molecular complexity index is 1090. The minimum absolute atomic E-state index is 0. The fraction of sp³-hybridized carbons (Fsp3) is 0.333. The molecule has 0 radical (unpaired) electrons. The first-order valence-electron chi connectivity index (χ1n) is 9.85. The van der Waals surface area contributed by atoms with Gasteiger partial charge in [-0.15, -0.1) is 12.4 Å². The molecule has 2 aromatic heterocycles. The number of ether oxygens (including phenoxy) is 1. The van der Waals surface area contributed by atoms with Gasteiger partial charge in [0.25, 0.3) is 5.91 Å². The molecule has 1 aromatic carbocycles. The highest BCUT2D eigenvalue weighted by atomic mass is 79.9. The summed E-state index contributed by atoms with van der Waals surface area (Å²) >= 11 is 11.0. The van der Waals surface area contributed by atoms with Gasteiger partial charge in [-0.2, -0.15) is 5.10 Å². The second-order valence-electron chi connectivity index (χ2n) is 7.46. The van der Waals surface area contributed by atoms with Crippen LogP contribution in [0.2, 0.25) is 5.02 Å². The summed E-state index contributed by atoms with van der Waals surface area (Å²) in [5, 5.41) is 12.5. The maximum atomic E-state index is 13.1. The summed E-state index contributed by atoms with van der Waals surface area (Å²) in [5.74, 6) is 0.170. The molecule has 1 fully saturated rings. The van der Waals surface area contributed by atoms with Crippen LogP contribution in [0.25, 0.3) is 11.3 Å². The van der Waals surface area contributed by atoms with Crippen LogP contribution in [-0.2, 0) is 6.54 Å². The van der Waals surface area contributed by atoms with Crippen LogP contribution in [-0.4, -0.2) is 41.4 Å². The molecule has 1 saturated heterocycles. The molecule has 0 unspecified atom stereocenters. The lowest BCUT2D eigenvalue weighted by Gasteiger charge is -2.33. The zero-order valence-electron chi connectivity index (χ0n) is 16.4.